The lowest BCUT2D eigenvalue weighted by Crippen LogP contribution is -2.59. The van der Waals surface area contributed by atoms with Gasteiger partial charge < -0.3 is 61.5 Å². The molecule has 19 nitrogen and oxygen atoms in total. The van der Waals surface area contributed by atoms with Gasteiger partial charge >= 0.3 is 6.09 Å². The number of Topliss-reactive ketones (excluding diaryl/α,β-unsaturated/α-hetero) is 1. The van der Waals surface area contributed by atoms with Gasteiger partial charge in [-0.05, 0) is 53.3 Å². The third-order valence-corrected chi connectivity index (χ3v) is 15.1. The smallest absolute Gasteiger partial charge is 0.407 e. The number of rotatable bonds is 15. The third-order valence-electron chi connectivity index (χ3n) is 15.1. The summed E-state index contributed by atoms with van der Waals surface area (Å²) < 4.78 is 43.7. The number of aromatic nitrogens is 1. The Morgan fingerprint density at radius 2 is 1.41 bits per heavy atom. The first-order valence-corrected chi connectivity index (χ1v) is 27.0. The summed E-state index contributed by atoms with van der Waals surface area (Å²) in [6.07, 6.45) is -2.00. The average molecular weight is 1090 g/mol. The number of aromatic amines is 1. The first-order valence-electron chi connectivity index (χ1n) is 27.0. The number of fused-ring (bicyclic) bond motifs is 3. The Bertz CT molecular complexity index is 2940. The van der Waals surface area contributed by atoms with Crippen LogP contribution in [-0.2, 0) is 59.4 Å². The number of benzene rings is 4. The minimum atomic E-state index is -3.59. The van der Waals surface area contributed by atoms with E-state index in [2.05, 4.69) is 31.6 Å². The number of H-pyrrole nitrogens is 1. The van der Waals surface area contributed by atoms with Gasteiger partial charge in [-0.1, -0.05) is 91.0 Å². The number of nitrogens with two attached hydrogens (primary N) is 1. The zero-order chi connectivity index (χ0) is 55.5. The summed E-state index contributed by atoms with van der Waals surface area (Å²) in [5.74, 6) is -8.99. The van der Waals surface area contributed by atoms with E-state index in [0.29, 0.717) is 43.1 Å². The molecule has 21 heteroatoms. The first-order chi connectivity index (χ1) is 38.2. The molecule has 5 heterocycles. The van der Waals surface area contributed by atoms with Crippen LogP contribution in [0.1, 0.15) is 47.9 Å². The van der Waals surface area contributed by atoms with E-state index in [4.69, 9.17) is 15.2 Å². The maximum Gasteiger partial charge on any atom is 0.407 e. The fourth-order valence-corrected chi connectivity index (χ4v) is 11.0. The molecule has 418 valence electrons. The molecule has 0 aliphatic carbocycles. The molecule has 9 rings (SSSR count). The lowest BCUT2D eigenvalue weighted by atomic mass is 9.92. The minimum Gasteiger partial charge on any atom is -0.489 e. The highest BCUT2D eigenvalue weighted by molar-refractivity contribution is 5.99. The predicted octanol–water partition coefficient (Wildman–Crippen LogP) is 3.00. The van der Waals surface area contributed by atoms with E-state index in [1.807, 2.05) is 89.8 Å². The van der Waals surface area contributed by atoms with Crippen molar-refractivity contribution in [2.24, 2.45) is 11.7 Å². The van der Waals surface area contributed by atoms with Gasteiger partial charge in [-0.15, -0.1) is 0 Å². The zero-order valence-corrected chi connectivity index (χ0v) is 43.9. The summed E-state index contributed by atoms with van der Waals surface area (Å²) in [5, 5.41) is 15.2. The number of nitrogens with zero attached hydrogens (tertiary/aromatic N) is 3. The number of hydrogen-bond donors (Lipinski definition) is 7. The van der Waals surface area contributed by atoms with Crippen LogP contribution in [0, 0.1) is 5.92 Å². The number of hydrogen-bond acceptors (Lipinski definition) is 12. The molecule has 6 amide bonds. The molecule has 7 atom stereocenters. The van der Waals surface area contributed by atoms with Crippen LogP contribution >= 0.6 is 0 Å². The largest absolute Gasteiger partial charge is 0.489 e. The summed E-state index contributed by atoms with van der Waals surface area (Å²) in [7, 11) is 0. The van der Waals surface area contributed by atoms with E-state index >= 15 is 28.0 Å². The van der Waals surface area contributed by atoms with Crippen molar-refractivity contribution >= 4 is 52.3 Å². The van der Waals surface area contributed by atoms with E-state index < -0.39 is 115 Å². The highest BCUT2D eigenvalue weighted by atomic mass is 19.3. The van der Waals surface area contributed by atoms with Crippen molar-refractivity contribution < 1.29 is 51.8 Å². The number of halogens is 2. The molecule has 0 unspecified atom stereocenters. The second-order valence-electron chi connectivity index (χ2n) is 20.8. The van der Waals surface area contributed by atoms with Gasteiger partial charge in [-0.3, -0.25) is 28.8 Å². The second-order valence-corrected chi connectivity index (χ2v) is 20.8. The Kier molecular flexibility index (Phi) is 18.3. The van der Waals surface area contributed by atoms with Crippen molar-refractivity contribution in [1.82, 2.24) is 46.3 Å². The van der Waals surface area contributed by atoms with Gasteiger partial charge in [-0.25, -0.2) is 13.6 Å². The highest BCUT2D eigenvalue weighted by Crippen LogP contribution is 2.36. The standard InChI is InChI=1S/C58H68F2N10O9/c59-58(60)31-50-56(76)69-34-43(79-57(77)63-22-21-61)30-49(69)54(74)65-46(20-17-37-9-3-1-4-10-37)53(73)66-47(28-40-32-64-45-14-8-7-13-44(40)45)51(71)29-41(33-68-25-23-62-24-26-68)52(72)67-48(55(75)70(50)36-58)27-38-15-18-42(19-16-38)78-35-39-11-5-2-6-12-39/h1-16,18-19,32,41,43,46-50,62,64H,17,20-31,33-36,61H2,(H,63,77)(H,65,74)(H,66,73)(H,67,72)/t41-,43+,46-,47+,48-,49-,50-/m0/s1. The summed E-state index contributed by atoms with van der Waals surface area (Å²) in [6.45, 7) is 1.15. The molecule has 4 saturated heterocycles. The Morgan fingerprint density at radius 3 is 2.14 bits per heavy atom. The fraction of sp³-hybridized carbons (Fsp3) is 0.431. The summed E-state index contributed by atoms with van der Waals surface area (Å²) in [6, 6.07) is 25.5. The van der Waals surface area contributed by atoms with Crippen LogP contribution in [0.4, 0.5) is 13.6 Å². The monoisotopic (exact) mass is 1090 g/mol. The van der Waals surface area contributed by atoms with Crippen molar-refractivity contribution in [2.45, 2.75) is 93.8 Å². The Hall–Kier alpha value is -7.75. The van der Waals surface area contributed by atoms with Gasteiger partial charge in [0.25, 0.3) is 5.92 Å². The van der Waals surface area contributed by atoms with E-state index in [9.17, 15) is 14.4 Å². The van der Waals surface area contributed by atoms with Crippen molar-refractivity contribution in [3.8, 4) is 5.75 Å². The molecule has 1 aromatic heterocycles. The van der Waals surface area contributed by atoms with Crippen molar-refractivity contribution in [3.63, 3.8) is 0 Å². The fourth-order valence-electron chi connectivity index (χ4n) is 11.0. The average Bonchev–Trinajstić information content (AvgIpc) is 4.39. The molecule has 4 fully saturated rings. The van der Waals surface area contributed by atoms with Crippen molar-refractivity contribution in [2.75, 3.05) is 58.9 Å². The second kappa shape index (κ2) is 25.8. The lowest BCUT2D eigenvalue weighted by molar-refractivity contribution is -0.148. The predicted molar refractivity (Wildman–Crippen MR) is 288 cm³/mol. The number of aryl methyl sites for hydroxylation is 1. The number of amides is 6. The lowest BCUT2D eigenvalue weighted by Gasteiger charge is -2.34. The molecule has 0 bridgehead atoms. The van der Waals surface area contributed by atoms with Gasteiger partial charge in [0.1, 0.15) is 42.6 Å². The van der Waals surface area contributed by atoms with Crippen molar-refractivity contribution in [1.29, 1.82) is 0 Å². The molecule has 0 saturated carbocycles. The van der Waals surface area contributed by atoms with Gasteiger partial charge in [-0.2, -0.15) is 0 Å². The number of alkyl carbamates (subject to hydrolysis) is 1. The van der Waals surface area contributed by atoms with E-state index in [-0.39, 0.29) is 58.3 Å². The number of ether oxygens (including phenoxy) is 2. The molecule has 0 radical (unpaired) electrons. The first kappa shape index (κ1) is 56.0. The van der Waals surface area contributed by atoms with Gasteiger partial charge in [0, 0.05) is 95.0 Å². The molecular weight excluding hydrogens is 1020 g/mol. The van der Waals surface area contributed by atoms with Gasteiger partial charge in [0.15, 0.2) is 5.78 Å². The van der Waals surface area contributed by atoms with Crippen LogP contribution in [-0.4, -0.2) is 162 Å². The van der Waals surface area contributed by atoms with E-state index in [0.717, 1.165) is 31.8 Å². The Labute approximate surface area is 456 Å². The van der Waals surface area contributed by atoms with Gasteiger partial charge in [0.05, 0.1) is 25.0 Å². The number of nitrogens with one attached hydrogen (secondary N) is 6. The van der Waals surface area contributed by atoms with Crippen LogP contribution < -0.4 is 37.1 Å². The van der Waals surface area contributed by atoms with Crippen LogP contribution in [0.5, 0.6) is 5.75 Å². The van der Waals surface area contributed by atoms with Crippen LogP contribution in [0.3, 0.4) is 0 Å². The highest BCUT2D eigenvalue weighted by Gasteiger charge is 2.55. The number of alkyl halides is 2. The molecule has 5 aromatic rings. The third kappa shape index (κ3) is 14.5. The van der Waals surface area contributed by atoms with Crippen molar-refractivity contribution in [3.05, 3.63) is 138 Å². The number of para-hydroxylation sites is 1. The van der Waals surface area contributed by atoms with E-state index in [1.54, 1.807) is 30.5 Å². The number of carbonyl (C=O) groups is 7. The molecule has 8 N–H and O–H groups in total. The molecule has 4 aromatic carbocycles. The molecular formula is C58H68F2N10O9. The Balaban J connectivity index is 1.10. The van der Waals surface area contributed by atoms with E-state index in [1.165, 1.54) is 0 Å². The maximum atomic E-state index is 16.0. The summed E-state index contributed by atoms with van der Waals surface area (Å²) in [4.78, 5) is 110. The quantitative estimate of drug-likeness (QED) is 0.0800. The Morgan fingerprint density at radius 1 is 0.722 bits per heavy atom. The zero-order valence-electron chi connectivity index (χ0n) is 43.9. The van der Waals surface area contributed by atoms with Crippen LogP contribution in [0.2, 0.25) is 0 Å². The molecule has 0 spiro atoms. The molecule has 79 heavy (non-hydrogen) atoms. The SMILES string of the molecule is NCCNC(=O)O[C@@H]1C[C@H]2C(=O)N[C@@H](CCc3ccccc3)C(=O)N[C@H](Cc3c[nH]c4ccccc34)C(=O)C[C@@H](CN3CCNCC3)C(=O)N[C@@H](Cc3ccc(OCc4ccccc4)cc3)C(=O)N3CC(F)(F)C[C@H]3C(=O)N2C1. The number of piperazine rings is 1. The van der Waals surface area contributed by atoms with Crippen LogP contribution in [0.25, 0.3) is 10.9 Å². The minimum absolute atomic E-state index is 0.0111. The number of carbonyl (C=O) groups excluding carboxylic acids is 7. The van der Waals surface area contributed by atoms with Crippen LogP contribution in [0.15, 0.2) is 115 Å². The summed E-state index contributed by atoms with van der Waals surface area (Å²) in [5.41, 5.74) is 9.37. The van der Waals surface area contributed by atoms with Gasteiger partial charge in [0.2, 0.25) is 29.5 Å². The summed E-state index contributed by atoms with van der Waals surface area (Å²) >= 11 is 0. The topological polar surface area (TPSA) is 250 Å². The maximum absolute atomic E-state index is 16.0. The number of ketones is 1. The normalized spacial score (nSPS) is 24.4. The molecule has 4 aliphatic rings. The molecule has 4 aliphatic heterocycles.